The Bertz CT molecular complexity index is 124. The molecule has 0 saturated carbocycles. The molecule has 0 aromatic carbocycles. The maximum Gasteiger partial charge on any atom is 0.151 e. The van der Waals surface area contributed by atoms with E-state index >= 15 is 0 Å². The van der Waals surface area contributed by atoms with Crippen LogP contribution in [-0.4, -0.2) is 51.1 Å². The van der Waals surface area contributed by atoms with E-state index < -0.39 is 24.4 Å². The van der Waals surface area contributed by atoms with Crippen LogP contribution in [-0.2, 0) is 4.79 Å². The lowest BCUT2D eigenvalue weighted by molar-refractivity contribution is -0.132. The van der Waals surface area contributed by atoms with Crippen molar-refractivity contribution in [3.63, 3.8) is 0 Å². The van der Waals surface area contributed by atoms with Gasteiger partial charge < -0.3 is 25.2 Å². The molecule has 5 heteroatoms. The Morgan fingerprint density at radius 3 is 1.82 bits per heavy atom. The minimum Gasteiger partial charge on any atom is -0.391 e. The van der Waals surface area contributed by atoms with E-state index in [0.717, 1.165) is 0 Å². The molecule has 0 saturated heterocycles. The Balaban J connectivity index is 4.00. The molecule has 0 spiro atoms. The normalized spacial score (nSPS) is 21.9. The highest BCUT2D eigenvalue weighted by molar-refractivity contribution is 5.56. The predicted octanol–water partition coefficient (Wildman–Crippen LogP) is -2.35. The standard InChI is InChI=1S/C6H12O5/c1-3(8)5(10)6(11)4(9)2-7/h2-6,8-11H,1H3/t3?,4-,5+,6-/m1/s1. The lowest BCUT2D eigenvalue weighted by Crippen LogP contribution is -2.43. The minimum atomic E-state index is -1.65. The van der Waals surface area contributed by atoms with Gasteiger partial charge in [-0.1, -0.05) is 0 Å². The summed E-state index contributed by atoms with van der Waals surface area (Å²) < 4.78 is 0. The summed E-state index contributed by atoms with van der Waals surface area (Å²) in [5.74, 6) is 0. The quantitative estimate of drug-likeness (QED) is 0.349. The van der Waals surface area contributed by atoms with Crippen LogP contribution in [0.25, 0.3) is 0 Å². The minimum absolute atomic E-state index is 0.0935. The summed E-state index contributed by atoms with van der Waals surface area (Å²) in [7, 11) is 0. The number of hydrogen-bond acceptors (Lipinski definition) is 5. The topological polar surface area (TPSA) is 98.0 Å². The van der Waals surface area contributed by atoms with Crippen LogP contribution < -0.4 is 0 Å². The molecule has 5 nitrogen and oxygen atoms in total. The molecule has 0 radical (unpaired) electrons. The third kappa shape index (κ3) is 2.94. The van der Waals surface area contributed by atoms with E-state index in [-0.39, 0.29) is 6.29 Å². The molecule has 1 unspecified atom stereocenters. The molecule has 11 heavy (non-hydrogen) atoms. The second-order valence-corrected chi connectivity index (χ2v) is 2.35. The predicted molar refractivity (Wildman–Crippen MR) is 35.8 cm³/mol. The first-order valence-electron chi connectivity index (χ1n) is 3.18. The second-order valence-electron chi connectivity index (χ2n) is 2.35. The molecule has 0 heterocycles. The van der Waals surface area contributed by atoms with E-state index in [2.05, 4.69) is 0 Å². The molecule has 66 valence electrons. The van der Waals surface area contributed by atoms with E-state index in [9.17, 15) is 4.79 Å². The van der Waals surface area contributed by atoms with Gasteiger partial charge in [-0.25, -0.2) is 0 Å². The van der Waals surface area contributed by atoms with E-state index in [0.29, 0.717) is 0 Å². The second kappa shape index (κ2) is 4.40. The largest absolute Gasteiger partial charge is 0.391 e. The molecule has 4 atom stereocenters. The van der Waals surface area contributed by atoms with Gasteiger partial charge in [0.15, 0.2) is 6.29 Å². The van der Waals surface area contributed by atoms with Crippen molar-refractivity contribution in [1.82, 2.24) is 0 Å². The summed E-state index contributed by atoms with van der Waals surface area (Å²) in [6.45, 7) is 1.24. The first-order valence-corrected chi connectivity index (χ1v) is 3.18. The molecule has 4 N–H and O–H groups in total. The zero-order valence-corrected chi connectivity index (χ0v) is 6.08. The van der Waals surface area contributed by atoms with Gasteiger partial charge in [-0.2, -0.15) is 0 Å². The average Bonchev–Trinajstić information content (AvgIpc) is 2.00. The fraction of sp³-hybridized carbons (Fsp3) is 0.833. The van der Waals surface area contributed by atoms with Crippen LogP contribution in [0.1, 0.15) is 6.92 Å². The van der Waals surface area contributed by atoms with E-state index in [1.807, 2.05) is 0 Å². The maximum atomic E-state index is 9.87. The van der Waals surface area contributed by atoms with Crippen molar-refractivity contribution in [1.29, 1.82) is 0 Å². The Labute approximate surface area is 63.9 Å². The van der Waals surface area contributed by atoms with Crippen molar-refractivity contribution in [3.05, 3.63) is 0 Å². The number of aldehydes is 1. The summed E-state index contributed by atoms with van der Waals surface area (Å²) in [5.41, 5.74) is 0. The van der Waals surface area contributed by atoms with Crippen LogP contribution in [0.15, 0.2) is 0 Å². The Hall–Kier alpha value is -0.490. The summed E-state index contributed by atoms with van der Waals surface area (Å²) in [4.78, 5) is 9.87. The Morgan fingerprint density at radius 1 is 1.09 bits per heavy atom. The molecular formula is C6H12O5. The number of carbonyl (C=O) groups is 1. The third-order valence-corrected chi connectivity index (χ3v) is 1.33. The fourth-order valence-corrected chi connectivity index (χ4v) is 0.568. The summed E-state index contributed by atoms with van der Waals surface area (Å²) in [6.07, 6.45) is -5.88. The summed E-state index contributed by atoms with van der Waals surface area (Å²) >= 11 is 0. The lowest BCUT2D eigenvalue weighted by atomic mass is 10.1. The van der Waals surface area contributed by atoms with E-state index in [1.54, 1.807) is 0 Å². The van der Waals surface area contributed by atoms with Crippen LogP contribution in [0, 0.1) is 0 Å². The molecule has 0 aromatic rings. The summed E-state index contributed by atoms with van der Waals surface area (Å²) in [6, 6.07) is 0. The highest BCUT2D eigenvalue weighted by Crippen LogP contribution is 2.02. The van der Waals surface area contributed by atoms with Crippen molar-refractivity contribution < 1.29 is 25.2 Å². The van der Waals surface area contributed by atoms with Gasteiger partial charge in [-0.15, -0.1) is 0 Å². The zero-order chi connectivity index (χ0) is 9.02. The van der Waals surface area contributed by atoms with Crippen molar-refractivity contribution in [2.45, 2.75) is 31.3 Å². The SMILES string of the molecule is CC(O)[C@H](O)[C@H](O)[C@H](O)C=O. The smallest absolute Gasteiger partial charge is 0.151 e. The van der Waals surface area contributed by atoms with Crippen LogP contribution >= 0.6 is 0 Å². The van der Waals surface area contributed by atoms with Crippen molar-refractivity contribution in [3.8, 4) is 0 Å². The third-order valence-electron chi connectivity index (χ3n) is 1.33. The van der Waals surface area contributed by atoms with Gasteiger partial charge in [0, 0.05) is 0 Å². The molecule has 0 fully saturated rings. The number of hydrogen-bond donors (Lipinski definition) is 4. The number of carbonyl (C=O) groups excluding carboxylic acids is 1. The van der Waals surface area contributed by atoms with Crippen molar-refractivity contribution in [2.75, 3.05) is 0 Å². The van der Waals surface area contributed by atoms with E-state index in [1.165, 1.54) is 6.92 Å². The lowest BCUT2D eigenvalue weighted by Gasteiger charge is -2.21. The van der Waals surface area contributed by atoms with Crippen LogP contribution in [0.3, 0.4) is 0 Å². The maximum absolute atomic E-state index is 9.87. The van der Waals surface area contributed by atoms with Gasteiger partial charge in [0.2, 0.25) is 0 Å². The highest BCUT2D eigenvalue weighted by Gasteiger charge is 2.27. The number of rotatable bonds is 4. The van der Waals surface area contributed by atoms with E-state index in [4.69, 9.17) is 20.4 Å². The molecule has 0 aliphatic heterocycles. The first-order chi connectivity index (χ1) is 5.00. The highest BCUT2D eigenvalue weighted by atomic mass is 16.4. The Kier molecular flexibility index (Phi) is 4.20. The van der Waals surface area contributed by atoms with Gasteiger partial charge >= 0.3 is 0 Å². The number of aliphatic hydroxyl groups excluding tert-OH is 4. The van der Waals surface area contributed by atoms with Crippen LogP contribution in [0.4, 0.5) is 0 Å². The van der Waals surface area contributed by atoms with Crippen LogP contribution in [0.2, 0.25) is 0 Å². The van der Waals surface area contributed by atoms with Crippen LogP contribution in [0.5, 0.6) is 0 Å². The molecule has 0 aliphatic rings. The Morgan fingerprint density at radius 2 is 1.55 bits per heavy atom. The van der Waals surface area contributed by atoms with Gasteiger partial charge in [0.05, 0.1) is 6.10 Å². The molecule has 0 aliphatic carbocycles. The van der Waals surface area contributed by atoms with Gasteiger partial charge in [-0.3, -0.25) is 0 Å². The zero-order valence-electron chi connectivity index (χ0n) is 6.08. The molecule has 0 bridgehead atoms. The van der Waals surface area contributed by atoms with Gasteiger partial charge in [0.1, 0.15) is 18.3 Å². The fourth-order valence-electron chi connectivity index (χ4n) is 0.568. The first kappa shape index (κ1) is 10.5. The van der Waals surface area contributed by atoms with Crippen molar-refractivity contribution >= 4 is 6.29 Å². The average molecular weight is 164 g/mol. The van der Waals surface area contributed by atoms with Gasteiger partial charge in [0.25, 0.3) is 0 Å². The van der Waals surface area contributed by atoms with Crippen molar-refractivity contribution in [2.24, 2.45) is 0 Å². The van der Waals surface area contributed by atoms with Gasteiger partial charge in [-0.05, 0) is 6.92 Å². The monoisotopic (exact) mass is 164 g/mol. The molecule has 0 amide bonds. The summed E-state index contributed by atoms with van der Waals surface area (Å²) in [5, 5.41) is 35.1. The molecule has 0 rings (SSSR count). The molecule has 0 aromatic heterocycles. The number of aliphatic hydroxyl groups is 4. The molecular weight excluding hydrogens is 152 g/mol.